The summed E-state index contributed by atoms with van der Waals surface area (Å²) < 4.78 is 0. The minimum absolute atomic E-state index is 0.228. The molecule has 144 valence electrons. The lowest BCUT2D eigenvalue weighted by molar-refractivity contribution is -0.127. The van der Waals surface area contributed by atoms with Gasteiger partial charge in [-0.05, 0) is 102 Å². The van der Waals surface area contributed by atoms with E-state index < -0.39 is 0 Å². The number of phenols is 1. The first kappa shape index (κ1) is 18.0. The number of aryl methyl sites for hydroxylation is 1. The van der Waals surface area contributed by atoms with Crippen LogP contribution in [0.25, 0.3) is 6.08 Å². The first-order valence-electron chi connectivity index (χ1n) is 10.3. The predicted molar refractivity (Wildman–Crippen MR) is 113 cm³/mol. The number of Topliss-reactive ketones (excluding diaryl/α,β-unsaturated/α-hetero) is 1. The molecule has 0 bridgehead atoms. The number of allylic oxidation sites excluding steroid dienone is 1. The molecule has 1 N–H and O–H groups in total. The second kappa shape index (κ2) is 6.49. The predicted octanol–water partition coefficient (Wildman–Crippen LogP) is 6.16. The summed E-state index contributed by atoms with van der Waals surface area (Å²) in [6.45, 7) is 2.20. The molecule has 0 aliphatic heterocycles. The van der Waals surface area contributed by atoms with E-state index in [9.17, 15) is 9.90 Å². The van der Waals surface area contributed by atoms with E-state index in [-0.39, 0.29) is 5.41 Å². The van der Waals surface area contributed by atoms with Crippen LogP contribution in [0.4, 0.5) is 0 Å². The van der Waals surface area contributed by atoms with Crippen molar-refractivity contribution in [3.63, 3.8) is 0 Å². The Kier molecular flexibility index (Phi) is 4.17. The fourth-order valence-electron chi connectivity index (χ4n) is 6.13. The molecule has 0 saturated heterocycles. The Morgan fingerprint density at radius 3 is 2.71 bits per heavy atom. The standard InChI is InChI=1S/C25H25ClO2/c1-25-11-10-21-20-9-7-19(27)13-16(20)4-8-22(21)23(25)14-17(24(25)28)12-15-2-5-18(26)6-3-15/h2-3,5-7,9,12-13,21-23,27H,4,8,10-11,14H2,1H3/b17-12+/t21-,22+,23-,25-/m0/s1. The minimum Gasteiger partial charge on any atom is -0.508 e. The minimum atomic E-state index is -0.228. The molecule has 2 nitrogen and oxygen atoms in total. The smallest absolute Gasteiger partial charge is 0.165 e. The summed E-state index contributed by atoms with van der Waals surface area (Å²) in [6.07, 6.45) is 7.09. The lowest BCUT2D eigenvalue weighted by Crippen LogP contribution is -2.42. The van der Waals surface area contributed by atoms with Crippen molar-refractivity contribution < 1.29 is 9.90 Å². The number of fused-ring (bicyclic) bond motifs is 5. The average Bonchev–Trinajstić information content (AvgIpc) is 2.94. The quantitative estimate of drug-likeness (QED) is 0.589. The van der Waals surface area contributed by atoms with Gasteiger partial charge in [-0.15, -0.1) is 0 Å². The summed E-state index contributed by atoms with van der Waals surface area (Å²) in [4.78, 5) is 13.4. The van der Waals surface area contributed by atoms with Crippen molar-refractivity contribution in [2.45, 2.75) is 44.9 Å². The molecule has 0 amide bonds. The Balaban J connectivity index is 1.48. The number of carbonyl (C=O) groups excluding carboxylic acids is 1. The van der Waals surface area contributed by atoms with Crippen LogP contribution in [-0.4, -0.2) is 10.9 Å². The molecule has 2 saturated carbocycles. The molecule has 0 spiro atoms. The van der Waals surface area contributed by atoms with E-state index in [4.69, 9.17) is 11.6 Å². The Morgan fingerprint density at radius 2 is 1.93 bits per heavy atom. The van der Waals surface area contributed by atoms with Gasteiger partial charge in [-0.3, -0.25) is 4.79 Å². The highest BCUT2D eigenvalue weighted by atomic mass is 35.5. The van der Waals surface area contributed by atoms with Crippen LogP contribution in [0.5, 0.6) is 5.75 Å². The lowest BCUT2D eigenvalue weighted by atomic mass is 9.55. The number of carbonyl (C=O) groups is 1. The molecule has 3 aliphatic rings. The molecule has 4 atom stereocenters. The SMILES string of the molecule is C[C@]12CC[C@H]3c4ccc(O)cc4CC[C@H]3[C@@H]1C/C(=C\c1ccc(Cl)cc1)C2=O. The van der Waals surface area contributed by atoms with Crippen LogP contribution in [0.1, 0.15) is 55.2 Å². The Labute approximate surface area is 171 Å². The zero-order chi connectivity index (χ0) is 19.5. The second-order valence-corrected chi connectivity index (χ2v) is 9.45. The van der Waals surface area contributed by atoms with Gasteiger partial charge >= 0.3 is 0 Å². The summed E-state index contributed by atoms with van der Waals surface area (Å²) in [7, 11) is 0. The topological polar surface area (TPSA) is 37.3 Å². The van der Waals surface area contributed by atoms with Crippen LogP contribution < -0.4 is 0 Å². The summed E-state index contributed by atoms with van der Waals surface area (Å²) in [5.41, 5.74) is 4.50. The number of benzene rings is 2. The maximum atomic E-state index is 13.4. The molecule has 2 fully saturated rings. The van der Waals surface area contributed by atoms with Gasteiger partial charge in [-0.1, -0.05) is 36.7 Å². The lowest BCUT2D eigenvalue weighted by Gasteiger charge is -2.48. The number of phenolic OH excluding ortho intramolecular Hbond substituents is 1. The van der Waals surface area contributed by atoms with Crippen LogP contribution in [-0.2, 0) is 11.2 Å². The van der Waals surface area contributed by atoms with Gasteiger partial charge in [-0.2, -0.15) is 0 Å². The van der Waals surface area contributed by atoms with Crippen LogP contribution >= 0.6 is 11.6 Å². The number of ketones is 1. The molecule has 0 unspecified atom stereocenters. The van der Waals surface area contributed by atoms with Crippen molar-refractivity contribution in [1.29, 1.82) is 0 Å². The first-order chi connectivity index (χ1) is 13.5. The van der Waals surface area contributed by atoms with Gasteiger partial charge < -0.3 is 5.11 Å². The molecule has 2 aromatic carbocycles. The molecule has 0 heterocycles. The van der Waals surface area contributed by atoms with Crippen molar-refractivity contribution in [2.24, 2.45) is 17.3 Å². The average molecular weight is 393 g/mol. The molecule has 2 aromatic rings. The van der Waals surface area contributed by atoms with Gasteiger partial charge in [0.1, 0.15) is 5.75 Å². The van der Waals surface area contributed by atoms with Crippen LogP contribution in [0, 0.1) is 17.3 Å². The van der Waals surface area contributed by atoms with Crippen molar-refractivity contribution in [3.8, 4) is 5.75 Å². The number of halogens is 1. The van der Waals surface area contributed by atoms with Gasteiger partial charge in [-0.25, -0.2) is 0 Å². The molecule has 0 radical (unpaired) electrons. The van der Waals surface area contributed by atoms with Crippen molar-refractivity contribution in [2.75, 3.05) is 0 Å². The maximum Gasteiger partial charge on any atom is 0.165 e. The summed E-state index contributed by atoms with van der Waals surface area (Å²) >= 11 is 6.00. The van der Waals surface area contributed by atoms with Gasteiger partial charge in [0.2, 0.25) is 0 Å². The van der Waals surface area contributed by atoms with Crippen molar-refractivity contribution in [1.82, 2.24) is 0 Å². The number of hydrogen-bond acceptors (Lipinski definition) is 2. The van der Waals surface area contributed by atoms with E-state index in [1.165, 1.54) is 11.1 Å². The van der Waals surface area contributed by atoms with Gasteiger partial charge in [0.25, 0.3) is 0 Å². The van der Waals surface area contributed by atoms with E-state index in [0.717, 1.165) is 48.3 Å². The van der Waals surface area contributed by atoms with Gasteiger partial charge in [0.15, 0.2) is 5.78 Å². The van der Waals surface area contributed by atoms with Crippen LogP contribution in [0.3, 0.4) is 0 Å². The zero-order valence-corrected chi connectivity index (χ0v) is 16.9. The number of rotatable bonds is 1. The normalized spacial score (nSPS) is 32.7. The molecule has 28 heavy (non-hydrogen) atoms. The summed E-state index contributed by atoms with van der Waals surface area (Å²) in [5.74, 6) is 2.20. The fraction of sp³-hybridized carbons (Fsp3) is 0.400. The van der Waals surface area contributed by atoms with Crippen molar-refractivity contribution in [3.05, 3.63) is 69.8 Å². The van der Waals surface area contributed by atoms with E-state index in [2.05, 4.69) is 19.1 Å². The highest BCUT2D eigenvalue weighted by molar-refractivity contribution is 6.30. The van der Waals surface area contributed by atoms with Crippen LogP contribution in [0.15, 0.2) is 48.0 Å². The zero-order valence-electron chi connectivity index (χ0n) is 16.1. The van der Waals surface area contributed by atoms with Crippen LogP contribution in [0.2, 0.25) is 5.02 Å². The largest absolute Gasteiger partial charge is 0.508 e. The molecular weight excluding hydrogens is 368 g/mol. The molecular formula is C25H25ClO2. The van der Waals surface area contributed by atoms with E-state index in [1.54, 1.807) is 0 Å². The monoisotopic (exact) mass is 392 g/mol. The highest BCUT2D eigenvalue weighted by Gasteiger charge is 2.56. The number of aromatic hydroxyl groups is 1. The van der Waals surface area contributed by atoms with E-state index >= 15 is 0 Å². The Bertz CT molecular complexity index is 975. The summed E-state index contributed by atoms with van der Waals surface area (Å²) in [5, 5.41) is 10.6. The van der Waals surface area contributed by atoms with Gasteiger partial charge in [0, 0.05) is 10.4 Å². The Morgan fingerprint density at radius 1 is 1.14 bits per heavy atom. The molecule has 0 aromatic heterocycles. The summed E-state index contributed by atoms with van der Waals surface area (Å²) in [6, 6.07) is 13.6. The van der Waals surface area contributed by atoms with E-state index in [1.807, 2.05) is 36.4 Å². The first-order valence-corrected chi connectivity index (χ1v) is 10.7. The van der Waals surface area contributed by atoms with E-state index in [0.29, 0.717) is 29.3 Å². The van der Waals surface area contributed by atoms with Crippen molar-refractivity contribution >= 4 is 23.5 Å². The Hall–Kier alpha value is -2.06. The molecule has 3 aliphatic carbocycles. The highest BCUT2D eigenvalue weighted by Crippen LogP contribution is 2.60. The van der Waals surface area contributed by atoms with Gasteiger partial charge in [0.05, 0.1) is 0 Å². The molecule has 3 heteroatoms. The fourth-order valence-corrected chi connectivity index (χ4v) is 6.25. The third-order valence-electron chi connectivity index (χ3n) is 7.56. The second-order valence-electron chi connectivity index (χ2n) is 9.01. The third kappa shape index (κ3) is 2.73. The maximum absolute atomic E-state index is 13.4. The third-order valence-corrected chi connectivity index (χ3v) is 7.81. The number of hydrogen-bond donors (Lipinski definition) is 1. The molecule has 5 rings (SSSR count).